The molecule has 0 aliphatic rings. The quantitative estimate of drug-likeness (QED) is 0.838. The first-order valence-electron chi connectivity index (χ1n) is 6.84. The number of rotatable bonds is 5. The van der Waals surface area contributed by atoms with E-state index in [9.17, 15) is 4.39 Å². The number of halogens is 2. The normalized spacial score (nSPS) is 12.4. The topological polar surface area (TPSA) is 12.0 Å². The molecule has 0 aliphatic carbocycles. The van der Waals surface area contributed by atoms with Crippen LogP contribution in [0.3, 0.4) is 0 Å². The molecule has 1 atom stereocenters. The van der Waals surface area contributed by atoms with Crippen LogP contribution in [0.5, 0.6) is 0 Å². The molecule has 0 aliphatic heterocycles. The number of hydrogen-bond acceptors (Lipinski definition) is 1. The van der Waals surface area contributed by atoms with Crippen LogP contribution in [0.1, 0.15) is 29.7 Å². The van der Waals surface area contributed by atoms with E-state index in [2.05, 4.69) is 52.4 Å². The highest BCUT2D eigenvalue weighted by Gasteiger charge is 2.14. The maximum atomic E-state index is 13.2. The van der Waals surface area contributed by atoms with Crippen LogP contribution in [0.25, 0.3) is 0 Å². The molecule has 2 aromatic carbocycles. The van der Waals surface area contributed by atoms with Gasteiger partial charge in [0.15, 0.2) is 0 Å². The van der Waals surface area contributed by atoms with Gasteiger partial charge in [-0.15, -0.1) is 0 Å². The van der Waals surface area contributed by atoms with E-state index in [1.165, 1.54) is 23.3 Å². The van der Waals surface area contributed by atoms with Gasteiger partial charge in [0.25, 0.3) is 0 Å². The lowest BCUT2D eigenvalue weighted by molar-refractivity contribution is 0.582. The minimum atomic E-state index is -0.212. The van der Waals surface area contributed by atoms with Crippen molar-refractivity contribution >= 4 is 15.9 Å². The summed E-state index contributed by atoms with van der Waals surface area (Å²) in [6.45, 7) is 2.17. The Labute approximate surface area is 128 Å². The summed E-state index contributed by atoms with van der Waals surface area (Å²) in [5, 5.41) is 3.37. The Kier molecular flexibility index (Phi) is 5.32. The SMILES string of the molecule is CCc1ccccc1C(Cc1ccc(F)cc1Br)NC. The Balaban J connectivity index is 2.29. The molecule has 0 saturated heterocycles. The Morgan fingerprint density at radius 1 is 1.15 bits per heavy atom. The molecular weight excluding hydrogens is 317 g/mol. The lowest BCUT2D eigenvalue weighted by atomic mass is 9.94. The van der Waals surface area contributed by atoms with Crippen molar-refractivity contribution in [2.45, 2.75) is 25.8 Å². The van der Waals surface area contributed by atoms with Gasteiger partial charge in [0.2, 0.25) is 0 Å². The van der Waals surface area contributed by atoms with E-state index in [0.717, 1.165) is 22.9 Å². The molecule has 0 saturated carbocycles. The number of benzene rings is 2. The minimum absolute atomic E-state index is 0.212. The van der Waals surface area contributed by atoms with Crippen molar-refractivity contribution in [3.63, 3.8) is 0 Å². The van der Waals surface area contributed by atoms with Crippen molar-refractivity contribution < 1.29 is 4.39 Å². The summed E-state index contributed by atoms with van der Waals surface area (Å²) in [6.07, 6.45) is 1.84. The second-order valence-electron chi connectivity index (χ2n) is 4.83. The highest BCUT2D eigenvalue weighted by Crippen LogP contribution is 2.26. The van der Waals surface area contributed by atoms with E-state index < -0.39 is 0 Å². The number of likely N-dealkylation sites (N-methyl/N-ethyl adjacent to an activating group) is 1. The highest BCUT2D eigenvalue weighted by atomic mass is 79.9. The fourth-order valence-electron chi connectivity index (χ4n) is 2.47. The molecule has 0 spiro atoms. The first-order chi connectivity index (χ1) is 9.65. The second-order valence-corrected chi connectivity index (χ2v) is 5.69. The summed E-state index contributed by atoms with van der Waals surface area (Å²) in [5.41, 5.74) is 3.77. The highest BCUT2D eigenvalue weighted by molar-refractivity contribution is 9.10. The molecule has 1 N–H and O–H groups in total. The van der Waals surface area contributed by atoms with E-state index >= 15 is 0 Å². The van der Waals surface area contributed by atoms with Gasteiger partial charge in [-0.25, -0.2) is 4.39 Å². The molecule has 0 radical (unpaired) electrons. The van der Waals surface area contributed by atoms with Crippen LogP contribution in [0.4, 0.5) is 4.39 Å². The van der Waals surface area contributed by atoms with Gasteiger partial charge in [0, 0.05) is 10.5 Å². The van der Waals surface area contributed by atoms with Gasteiger partial charge in [0.05, 0.1) is 0 Å². The summed E-state index contributed by atoms with van der Waals surface area (Å²) >= 11 is 3.45. The molecule has 0 aromatic heterocycles. The van der Waals surface area contributed by atoms with Gasteiger partial charge in [0.1, 0.15) is 5.82 Å². The molecule has 106 valence electrons. The summed E-state index contributed by atoms with van der Waals surface area (Å²) in [6, 6.07) is 13.6. The smallest absolute Gasteiger partial charge is 0.124 e. The Morgan fingerprint density at radius 2 is 1.90 bits per heavy atom. The van der Waals surface area contributed by atoms with Crippen molar-refractivity contribution in [3.8, 4) is 0 Å². The van der Waals surface area contributed by atoms with Gasteiger partial charge in [-0.05, 0) is 48.7 Å². The largest absolute Gasteiger partial charge is 0.313 e. The molecule has 3 heteroatoms. The van der Waals surface area contributed by atoms with Crippen LogP contribution in [0.2, 0.25) is 0 Å². The Morgan fingerprint density at radius 3 is 2.55 bits per heavy atom. The van der Waals surface area contributed by atoms with Gasteiger partial charge < -0.3 is 5.32 Å². The zero-order valence-corrected chi connectivity index (χ0v) is 13.4. The average Bonchev–Trinajstić information content (AvgIpc) is 2.46. The summed E-state index contributed by atoms with van der Waals surface area (Å²) in [7, 11) is 1.97. The molecule has 0 bridgehead atoms. The van der Waals surface area contributed by atoms with E-state index in [0.29, 0.717) is 0 Å². The number of nitrogens with one attached hydrogen (secondary N) is 1. The van der Waals surface area contributed by atoms with Crippen LogP contribution >= 0.6 is 15.9 Å². The van der Waals surface area contributed by atoms with E-state index in [1.807, 2.05) is 13.1 Å². The maximum absolute atomic E-state index is 13.2. The molecule has 0 fully saturated rings. The molecule has 1 unspecified atom stereocenters. The first kappa shape index (κ1) is 15.2. The van der Waals surface area contributed by atoms with Crippen molar-refractivity contribution in [1.29, 1.82) is 0 Å². The average molecular weight is 336 g/mol. The predicted molar refractivity (Wildman–Crippen MR) is 85.4 cm³/mol. The summed E-state index contributed by atoms with van der Waals surface area (Å²) < 4.78 is 14.0. The Bertz CT molecular complexity index is 583. The van der Waals surface area contributed by atoms with E-state index in [4.69, 9.17) is 0 Å². The van der Waals surface area contributed by atoms with Gasteiger partial charge in [-0.1, -0.05) is 53.2 Å². The van der Waals surface area contributed by atoms with Crippen LogP contribution in [0, 0.1) is 5.82 Å². The van der Waals surface area contributed by atoms with Gasteiger partial charge in [-0.2, -0.15) is 0 Å². The summed E-state index contributed by atoms with van der Waals surface area (Å²) in [4.78, 5) is 0. The fraction of sp³-hybridized carbons (Fsp3) is 0.294. The molecule has 1 nitrogen and oxygen atoms in total. The Hall–Kier alpha value is -1.19. The van der Waals surface area contributed by atoms with Crippen molar-refractivity contribution in [2.75, 3.05) is 7.05 Å². The van der Waals surface area contributed by atoms with Gasteiger partial charge in [-0.3, -0.25) is 0 Å². The molecular formula is C17H19BrFN. The van der Waals surface area contributed by atoms with Gasteiger partial charge >= 0.3 is 0 Å². The lowest BCUT2D eigenvalue weighted by Crippen LogP contribution is -2.20. The molecule has 2 rings (SSSR count). The third-order valence-corrected chi connectivity index (χ3v) is 4.34. The van der Waals surface area contributed by atoms with Crippen LogP contribution < -0.4 is 5.32 Å². The molecule has 20 heavy (non-hydrogen) atoms. The lowest BCUT2D eigenvalue weighted by Gasteiger charge is -2.20. The zero-order valence-electron chi connectivity index (χ0n) is 11.8. The predicted octanol–water partition coefficient (Wildman–Crippen LogP) is 4.65. The molecule has 0 amide bonds. The number of aryl methyl sites for hydroxylation is 1. The monoisotopic (exact) mass is 335 g/mol. The van der Waals surface area contributed by atoms with Crippen molar-refractivity contribution in [2.24, 2.45) is 0 Å². The first-order valence-corrected chi connectivity index (χ1v) is 7.64. The zero-order chi connectivity index (χ0) is 14.5. The van der Waals surface area contributed by atoms with Crippen molar-refractivity contribution in [3.05, 3.63) is 69.4 Å². The number of hydrogen-bond donors (Lipinski definition) is 1. The van der Waals surface area contributed by atoms with Crippen LogP contribution in [0.15, 0.2) is 46.9 Å². The maximum Gasteiger partial charge on any atom is 0.124 e. The molecule has 2 aromatic rings. The van der Waals surface area contributed by atoms with E-state index in [1.54, 1.807) is 0 Å². The third-order valence-electron chi connectivity index (χ3n) is 3.60. The molecule has 0 heterocycles. The second kappa shape index (κ2) is 7.00. The fourth-order valence-corrected chi connectivity index (χ4v) is 2.98. The minimum Gasteiger partial charge on any atom is -0.313 e. The van der Waals surface area contributed by atoms with Crippen LogP contribution in [-0.2, 0) is 12.8 Å². The third kappa shape index (κ3) is 3.47. The van der Waals surface area contributed by atoms with Crippen molar-refractivity contribution in [1.82, 2.24) is 5.32 Å². The standard InChI is InChI=1S/C17H19BrFN/c1-3-12-6-4-5-7-15(12)17(20-2)10-13-8-9-14(19)11-16(13)18/h4-9,11,17,20H,3,10H2,1-2H3. The van der Waals surface area contributed by atoms with E-state index in [-0.39, 0.29) is 11.9 Å². The summed E-state index contributed by atoms with van der Waals surface area (Å²) in [5.74, 6) is -0.212. The van der Waals surface area contributed by atoms with Crippen LogP contribution in [-0.4, -0.2) is 7.05 Å².